The standard InChI is InChI=1S/C29H32BrN3O5S/c1-7-32(8-2)28(35)24-17(4)31-29-33(25(24)19-12-10-11-13-21(19)36-5)27(34)23(39-29)16-18-14-20(30)26(37-6)22(15-18)38-9-3/h10-16,25H,7-9H2,1-6H3/b23-16+/t25-/m0/s1. The van der Waals surface area contributed by atoms with Crippen molar-refractivity contribution in [1.82, 2.24) is 9.47 Å². The van der Waals surface area contributed by atoms with Crippen LogP contribution in [0.1, 0.15) is 44.9 Å². The second-order valence-electron chi connectivity index (χ2n) is 8.77. The lowest BCUT2D eigenvalue weighted by Gasteiger charge is -2.29. The first-order chi connectivity index (χ1) is 18.8. The first-order valence-corrected chi connectivity index (χ1v) is 14.3. The Labute approximate surface area is 240 Å². The lowest BCUT2D eigenvalue weighted by molar-refractivity contribution is -0.127. The van der Waals surface area contributed by atoms with Crippen molar-refractivity contribution in [1.29, 1.82) is 0 Å². The third-order valence-corrected chi connectivity index (χ3v) is 8.14. The topological polar surface area (TPSA) is 82.4 Å². The minimum Gasteiger partial charge on any atom is -0.496 e. The molecule has 10 heteroatoms. The third-order valence-electron chi connectivity index (χ3n) is 6.57. The third kappa shape index (κ3) is 5.40. The molecule has 1 aromatic heterocycles. The Kier molecular flexibility index (Phi) is 8.97. The van der Waals surface area contributed by atoms with Crippen LogP contribution >= 0.6 is 27.3 Å². The van der Waals surface area contributed by atoms with Crippen LogP contribution in [-0.2, 0) is 4.79 Å². The number of ether oxygens (including phenoxy) is 3. The van der Waals surface area contributed by atoms with Crippen LogP contribution in [0.4, 0.5) is 0 Å². The van der Waals surface area contributed by atoms with E-state index in [-0.39, 0.29) is 11.5 Å². The molecule has 1 aliphatic rings. The van der Waals surface area contributed by atoms with Gasteiger partial charge in [-0.15, -0.1) is 0 Å². The number of thiazole rings is 1. The number of hydrogen-bond donors (Lipinski definition) is 0. The normalized spacial score (nSPS) is 15.1. The summed E-state index contributed by atoms with van der Waals surface area (Å²) < 4.78 is 19.7. The predicted octanol–water partition coefficient (Wildman–Crippen LogP) is 4.28. The molecule has 206 valence electrons. The van der Waals surface area contributed by atoms with Gasteiger partial charge in [-0.05, 0) is 73.5 Å². The highest BCUT2D eigenvalue weighted by Gasteiger charge is 2.35. The van der Waals surface area contributed by atoms with Crippen molar-refractivity contribution in [3.05, 3.63) is 83.0 Å². The summed E-state index contributed by atoms with van der Waals surface area (Å²) in [5, 5.41) is 0. The summed E-state index contributed by atoms with van der Waals surface area (Å²) in [7, 11) is 3.17. The fourth-order valence-electron chi connectivity index (χ4n) is 4.75. The second kappa shape index (κ2) is 12.2. The van der Waals surface area contributed by atoms with E-state index in [4.69, 9.17) is 19.2 Å². The number of halogens is 1. The van der Waals surface area contributed by atoms with E-state index in [9.17, 15) is 9.59 Å². The molecule has 0 spiro atoms. The molecule has 4 rings (SSSR count). The number of rotatable bonds is 9. The molecule has 1 atom stereocenters. The molecule has 1 aliphatic heterocycles. The van der Waals surface area contributed by atoms with Gasteiger partial charge in [0.05, 0.1) is 41.1 Å². The van der Waals surface area contributed by atoms with E-state index in [1.165, 1.54) is 11.3 Å². The van der Waals surface area contributed by atoms with E-state index in [1.807, 2.05) is 64.1 Å². The molecule has 8 nitrogen and oxygen atoms in total. The Morgan fingerprint density at radius 3 is 2.49 bits per heavy atom. The van der Waals surface area contributed by atoms with Crippen molar-refractivity contribution in [2.75, 3.05) is 33.9 Å². The van der Waals surface area contributed by atoms with Gasteiger partial charge in [-0.25, -0.2) is 4.99 Å². The van der Waals surface area contributed by atoms with Crippen molar-refractivity contribution in [2.45, 2.75) is 33.7 Å². The summed E-state index contributed by atoms with van der Waals surface area (Å²) in [5.74, 6) is 1.61. The summed E-state index contributed by atoms with van der Waals surface area (Å²) in [6.07, 6.45) is 1.81. The van der Waals surface area contributed by atoms with Gasteiger partial charge in [-0.3, -0.25) is 14.2 Å². The number of benzene rings is 2. The van der Waals surface area contributed by atoms with Crippen LogP contribution in [0.25, 0.3) is 6.08 Å². The fraction of sp³-hybridized carbons (Fsp3) is 0.345. The lowest BCUT2D eigenvalue weighted by Crippen LogP contribution is -2.43. The molecule has 3 aromatic rings. The van der Waals surface area contributed by atoms with Crippen LogP contribution in [0.5, 0.6) is 17.2 Å². The van der Waals surface area contributed by atoms with Gasteiger partial charge in [0, 0.05) is 18.7 Å². The van der Waals surface area contributed by atoms with Crippen molar-refractivity contribution >= 4 is 39.2 Å². The zero-order valence-corrected chi connectivity index (χ0v) is 25.3. The highest BCUT2D eigenvalue weighted by molar-refractivity contribution is 9.10. The zero-order valence-electron chi connectivity index (χ0n) is 22.9. The van der Waals surface area contributed by atoms with Crippen LogP contribution in [0, 0.1) is 0 Å². The number of methoxy groups -OCH3 is 2. The number of nitrogens with zero attached hydrogens (tertiary/aromatic N) is 3. The second-order valence-corrected chi connectivity index (χ2v) is 10.6. The largest absolute Gasteiger partial charge is 0.496 e. The maximum Gasteiger partial charge on any atom is 0.271 e. The van der Waals surface area contributed by atoms with Gasteiger partial charge in [-0.1, -0.05) is 29.5 Å². The zero-order chi connectivity index (χ0) is 28.3. The summed E-state index contributed by atoms with van der Waals surface area (Å²) in [6.45, 7) is 9.16. The smallest absolute Gasteiger partial charge is 0.271 e. The number of allylic oxidation sites excluding steroid dienone is 1. The molecule has 0 unspecified atom stereocenters. The summed E-state index contributed by atoms with van der Waals surface area (Å²) in [6, 6.07) is 10.5. The lowest BCUT2D eigenvalue weighted by atomic mass is 9.94. The molecular formula is C29H32BrN3O5S. The number of carbonyl (C=O) groups excluding carboxylic acids is 1. The van der Waals surface area contributed by atoms with E-state index in [0.29, 0.717) is 62.0 Å². The van der Waals surface area contributed by atoms with Gasteiger partial charge in [0.1, 0.15) is 11.8 Å². The Balaban J connectivity index is 1.98. The highest BCUT2D eigenvalue weighted by Crippen LogP contribution is 2.37. The minimum absolute atomic E-state index is 0.146. The van der Waals surface area contributed by atoms with E-state index in [2.05, 4.69) is 15.9 Å². The maximum atomic E-state index is 14.0. The van der Waals surface area contributed by atoms with Crippen molar-refractivity contribution < 1.29 is 19.0 Å². The summed E-state index contributed by atoms with van der Waals surface area (Å²) >= 11 is 4.83. The van der Waals surface area contributed by atoms with Crippen LogP contribution in [0.15, 0.2) is 61.9 Å². The Bertz CT molecular complexity index is 1600. The maximum absolute atomic E-state index is 14.0. The Morgan fingerprint density at radius 2 is 1.85 bits per heavy atom. The Hall–Kier alpha value is -3.37. The molecule has 0 aliphatic carbocycles. The van der Waals surface area contributed by atoms with Crippen molar-refractivity contribution in [2.24, 2.45) is 4.99 Å². The minimum atomic E-state index is -0.686. The van der Waals surface area contributed by atoms with E-state index in [1.54, 1.807) is 29.8 Å². The van der Waals surface area contributed by atoms with Crippen LogP contribution in [0.3, 0.4) is 0 Å². The predicted molar refractivity (Wildman–Crippen MR) is 157 cm³/mol. The SMILES string of the molecule is CCOc1cc(/C=c2/sc3n(c2=O)[C@@H](c2ccccc2OC)C(C(=O)N(CC)CC)=C(C)N=3)cc(Br)c1OC. The molecule has 0 N–H and O–H groups in total. The molecule has 1 amide bonds. The number of hydrogen-bond acceptors (Lipinski definition) is 7. The number of carbonyl (C=O) groups is 1. The average Bonchev–Trinajstić information content (AvgIpc) is 3.22. The van der Waals surface area contributed by atoms with E-state index >= 15 is 0 Å². The fourth-order valence-corrected chi connectivity index (χ4v) is 6.41. The van der Waals surface area contributed by atoms with Gasteiger partial charge < -0.3 is 19.1 Å². The number of likely N-dealkylation sites (N-methyl/N-ethyl adjacent to an activating group) is 1. The van der Waals surface area contributed by atoms with Gasteiger partial charge >= 0.3 is 0 Å². The number of fused-ring (bicyclic) bond motifs is 1. The molecule has 39 heavy (non-hydrogen) atoms. The molecule has 0 bridgehead atoms. The van der Waals surface area contributed by atoms with Crippen molar-refractivity contribution in [3.63, 3.8) is 0 Å². The first kappa shape index (κ1) is 28.6. The van der Waals surface area contributed by atoms with Crippen LogP contribution in [0.2, 0.25) is 0 Å². The van der Waals surface area contributed by atoms with Crippen LogP contribution < -0.4 is 29.1 Å². The molecular weight excluding hydrogens is 582 g/mol. The number of amides is 1. The summed E-state index contributed by atoms with van der Waals surface area (Å²) in [4.78, 5) is 34.8. The average molecular weight is 615 g/mol. The molecule has 2 heterocycles. The van der Waals surface area contributed by atoms with Gasteiger partial charge in [0.2, 0.25) is 0 Å². The van der Waals surface area contributed by atoms with Gasteiger partial charge in [0.15, 0.2) is 16.3 Å². The van der Waals surface area contributed by atoms with Gasteiger partial charge in [-0.2, -0.15) is 0 Å². The quantitative estimate of drug-likeness (QED) is 0.360. The summed E-state index contributed by atoms with van der Waals surface area (Å²) in [5.41, 5.74) is 2.30. The van der Waals surface area contributed by atoms with Crippen LogP contribution in [-0.4, -0.2) is 49.3 Å². The molecule has 2 aromatic carbocycles. The first-order valence-electron chi connectivity index (χ1n) is 12.7. The number of aromatic nitrogens is 1. The van der Waals surface area contributed by atoms with E-state index < -0.39 is 6.04 Å². The molecule has 0 radical (unpaired) electrons. The van der Waals surface area contributed by atoms with E-state index in [0.717, 1.165) is 11.1 Å². The molecule has 0 fully saturated rings. The molecule has 0 saturated heterocycles. The molecule has 0 saturated carbocycles. The van der Waals surface area contributed by atoms with Gasteiger partial charge in [0.25, 0.3) is 11.5 Å². The highest BCUT2D eigenvalue weighted by atomic mass is 79.9. The monoisotopic (exact) mass is 613 g/mol. The van der Waals surface area contributed by atoms with Crippen molar-refractivity contribution in [3.8, 4) is 17.2 Å². The Morgan fingerprint density at radius 1 is 1.13 bits per heavy atom. The number of para-hydroxylation sites is 1.